The van der Waals surface area contributed by atoms with E-state index in [0.717, 1.165) is 18.0 Å². The van der Waals surface area contributed by atoms with Crippen molar-refractivity contribution in [1.29, 1.82) is 0 Å². The van der Waals surface area contributed by atoms with Crippen LogP contribution in [0, 0.1) is 5.92 Å². The lowest BCUT2D eigenvalue weighted by molar-refractivity contribution is 0.159. The van der Waals surface area contributed by atoms with Gasteiger partial charge in [0.15, 0.2) is 0 Å². The van der Waals surface area contributed by atoms with Crippen LogP contribution in [0.2, 0.25) is 0 Å². The first-order valence-electron chi connectivity index (χ1n) is 8.51. The normalized spacial score (nSPS) is 31.7. The van der Waals surface area contributed by atoms with E-state index in [1.165, 1.54) is 77.8 Å². The molecule has 0 bridgehead atoms. The van der Waals surface area contributed by atoms with Gasteiger partial charge in [-0.2, -0.15) is 0 Å². The van der Waals surface area contributed by atoms with E-state index in [2.05, 4.69) is 22.0 Å². The van der Waals surface area contributed by atoms with E-state index in [-0.39, 0.29) is 0 Å². The predicted octanol–water partition coefficient (Wildman–Crippen LogP) is 1.93. The van der Waals surface area contributed by atoms with Crippen molar-refractivity contribution < 1.29 is 0 Å². The van der Waals surface area contributed by atoms with Crippen molar-refractivity contribution in [3.63, 3.8) is 0 Å². The first kappa shape index (κ1) is 13.8. The van der Waals surface area contributed by atoms with Crippen LogP contribution in [-0.4, -0.2) is 61.2 Å². The van der Waals surface area contributed by atoms with Crippen molar-refractivity contribution in [2.24, 2.45) is 5.92 Å². The highest BCUT2D eigenvalue weighted by Crippen LogP contribution is 2.21. The van der Waals surface area contributed by atoms with E-state index in [1.54, 1.807) is 0 Å². The summed E-state index contributed by atoms with van der Waals surface area (Å²) in [6, 6.07) is 1.73. The molecule has 1 saturated carbocycles. The quantitative estimate of drug-likeness (QED) is 0.792. The van der Waals surface area contributed by atoms with Crippen molar-refractivity contribution in [3.8, 4) is 0 Å². The third-order valence-corrected chi connectivity index (χ3v) is 5.06. The van der Waals surface area contributed by atoms with Crippen molar-refractivity contribution >= 4 is 0 Å². The molecule has 2 aliphatic heterocycles. The highest BCUT2D eigenvalue weighted by Gasteiger charge is 2.29. The minimum Gasteiger partial charge on any atom is -0.314 e. The minimum atomic E-state index is 0.806. The Hall–Kier alpha value is -0.120. The standard InChI is InChI=1S/C16H31N3/c1-14(11-17-15-5-6-15)12-18-10-7-16(13-18)19-8-3-2-4-9-19/h14-17H,2-13H2,1H3. The smallest absolute Gasteiger partial charge is 0.0235 e. The first-order valence-corrected chi connectivity index (χ1v) is 8.51. The number of nitrogens with one attached hydrogen (secondary N) is 1. The average molecular weight is 265 g/mol. The van der Waals surface area contributed by atoms with E-state index in [0.29, 0.717) is 0 Å². The second kappa shape index (κ2) is 6.55. The summed E-state index contributed by atoms with van der Waals surface area (Å²) in [7, 11) is 0. The lowest BCUT2D eigenvalue weighted by Crippen LogP contribution is -2.41. The van der Waals surface area contributed by atoms with Crippen molar-refractivity contribution in [2.75, 3.05) is 39.3 Å². The molecule has 1 aliphatic carbocycles. The summed E-state index contributed by atoms with van der Waals surface area (Å²) >= 11 is 0. The van der Waals surface area contributed by atoms with Crippen LogP contribution in [0.5, 0.6) is 0 Å². The number of hydrogen-bond donors (Lipinski definition) is 1. The molecule has 0 radical (unpaired) electrons. The van der Waals surface area contributed by atoms with Crippen molar-refractivity contribution in [3.05, 3.63) is 0 Å². The maximum absolute atomic E-state index is 3.67. The van der Waals surface area contributed by atoms with Gasteiger partial charge in [0.25, 0.3) is 0 Å². The highest BCUT2D eigenvalue weighted by atomic mass is 15.3. The van der Waals surface area contributed by atoms with Crippen LogP contribution in [0.4, 0.5) is 0 Å². The van der Waals surface area contributed by atoms with Gasteiger partial charge in [0.05, 0.1) is 0 Å². The molecule has 3 aliphatic rings. The highest BCUT2D eigenvalue weighted by molar-refractivity contribution is 4.86. The minimum absolute atomic E-state index is 0.806. The molecule has 1 N–H and O–H groups in total. The van der Waals surface area contributed by atoms with Crippen LogP contribution in [0.1, 0.15) is 45.4 Å². The van der Waals surface area contributed by atoms with Gasteiger partial charge in [-0.05, 0) is 64.2 Å². The van der Waals surface area contributed by atoms with Gasteiger partial charge in [0.1, 0.15) is 0 Å². The average Bonchev–Trinajstić information content (AvgIpc) is 3.16. The van der Waals surface area contributed by atoms with E-state index in [4.69, 9.17) is 0 Å². The van der Waals surface area contributed by atoms with Crippen molar-refractivity contribution in [1.82, 2.24) is 15.1 Å². The molecular formula is C16H31N3. The Morgan fingerprint density at radius 2 is 1.84 bits per heavy atom. The van der Waals surface area contributed by atoms with Crippen molar-refractivity contribution in [2.45, 2.75) is 57.5 Å². The van der Waals surface area contributed by atoms with Crippen LogP contribution in [0.25, 0.3) is 0 Å². The second-order valence-corrected chi connectivity index (χ2v) is 7.09. The molecule has 3 rings (SSSR count). The Morgan fingerprint density at radius 1 is 1.05 bits per heavy atom. The molecule has 0 aromatic carbocycles. The molecule has 0 spiro atoms. The van der Waals surface area contributed by atoms with Crippen LogP contribution in [0.3, 0.4) is 0 Å². The Balaban J connectivity index is 1.35. The number of rotatable bonds is 6. The monoisotopic (exact) mass is 265 g/mol. The van der Waals surface area contributed by atoms with Gasteiger partial charge < -0.3 is 10.2 Å². The Morgan fingerprint density at radius 3 is 2.58 bits per heavy atom. The van der Waals surface area contributed by atoms with Crippen LogP contribution in [0.15, 0.2) is 0 Å². The van der Waals surface area contributed by atoms with Gasteiger partial charge in [0.2, 0.25) is 0 Å². The summed E-state index contributed by atoms with van der Waals surface area (Å²) < 4.78 is 0. The maximum Gasteiger partial charge on any atom is 0.0235 e. The molecule has 3 heteroatoms. The molecule has 2 unspecified atom stereocenters. The maximum atomic E-state index is 3.67. The fourth-order valence-electron chi connectivity index (χ4n) is 3.72. The number of piperidine rings is 1. The van der Waals surface area contributed by atoms with Gasteiger partial charge in [-0.25, -0.2) is 0 Å². The zero-order valence-electron chi connectivity index (χ0n) is 12.6. The molecule has 19 heavy (non-hydrogen) atoms. The number of hydrogen-bond acceptors (Lipinski definition) is 3. The summed E-state index contributed by atoms with van der Waals surface area (Å²) in [6.45, 7) is 10.3. The van der Waals surface area contributed by atoms with E-state index in [9.17, 15) is 0 Å². The Bertz CT molecular complexity index is 271. The molecular weight excluding hydrogens is 234 g/mol. The van der Waals surface area contributed by atoms with Crippen LogP contribution < -0.4 is 5.32 Å². The zero-order valence-corrected chi connectivity index (χ0v) is 12.6. The Kier molecular flexibility index (Phi) is 4.78. The fraction of sp³-hybridized carbons (Fsp3) is 1.00. The van der Waals surface area contributed by atoms with Gasteiger partial charge in [0, 0.05) is 25.2 Å². The molecule has 0 aromatic heterocycles. The van der Waals surface area contributed by atoms with Gasteiger partial charge >= 0.3 is 0 Å². The summed E-state index contributed by atoms with van der Waals surface area (Å²) in [5.41, 5.74) is 0. The lowest BCUT2D eigenvalue weighted by atomic mass is 10.1. The Labute approximate surface area is 118 Å². The fourth-order valence-corrected chi connectivity index (χ4v) is 3.72. The predicted molar refractivity (Wildman–Crippen MR) is 80.5 cm³/mol. The number of likely N-dealkylation sites (tertiary alicyclic amines) is 2. The van der Waals surface area contributed by atoms with Crippen LogP contribution in [-0.2, 0) is 0 Å². The second-order valence-electron chi connectivity index (χ2n) is 7.09. The third-order valence-electron chi connectivity index (χ3n) is 5.06. The SMILES string of the molecule is CC(CNC1CC1)CN1CCC(N2CCCCC2)C1. The molecule has 3 nitrogen and oxygen atoms in total. The number of nitrogens with zero attached hydrogens (tertiary/aromatic N) is 2. The first-order chi connectivity index (χ1) is 9.31. The lowest BCUT2D eigenvalue weighted by Gasteiger charge is -2.32. The molecule has 0 aromatic rings. The molecule has 3 fully saturated rings. The summed E-state index contributed by atoms with van der Waals surface area (Å²) in [6.07, 6.45) is 8.54. The van der Waals surface area contributed by atoms with Gasteiger partial charge in [-0.15, -0.1) is 0 Å². The largest absolute Gasteiger partial charge is 0.314 e. The molecule has 110 valence electrons. The van der Waals surface area contributed by atoms with Gasteiger partial charge in [-0.1, -0.05) is 13.3 Å². The van der Waals surface area contributed by atoms with Crippen LogP contribution >= 0.6 is 0 Å². The topological polar surface area (TPSA) is 18.5 Å². The van der Waals surface area contributed by atoms with E-state index in [1.807, 2.05) is 0 Å². The van der Waals surface area contributed by atoms with Gasteiger partial charge in [-0.3, -0.25) is 4.90 Å². The summed E-state index contributed by atoms with van der Waals surface area (Å²) in [5.74, 6) is 0.806. The van der Waals surface area contributed by atoms with E-state index < -0.39 is 0 Å². The zero-order chi connectivity index (χ0) is 13.1. The summed E-state index contributed by atoms with van der Waals surface area (Å²) in [5, 5.41) is 3.67. The molecule has 0 amide bonds. The summed E-state index contributed by atoms with van der Waals surface area (Å²) in [4.78, 5) is 5.47. The molecule has 2 heterocycles. The molecule has 2 saturated heterocycles. The molecule has 2 atom stereocenters. The van der Waals surface area contributed by atoms with E-state index >= 15 is 0 Å². The third kappa shape index (κ3) is 4.17.